The third-order valence-corrected chi connectivity index (χ3v) is 5.05. The lowest BCUT2D eigenvalue weighted by Gasteiger charge is -2.16. The highest BCUT2D eigenvalue weighted by atomic mass is 19.1. The number of halogens is 1. The van der Waals surface area contributed by atoms with E-state index in [0.717, 1.165) is 46.6 Å². The summed E-state index contributed by atoms with van der Waals surface area (Å²) in [6, 6.07) is 6.40. The van der Waals surface area contributed by atoms with Crippen molar-refractivity contribution in [3.05, 3.63) is 47.5 Å². The van der Waals surface area contributed by atoms with Crippen molar-refractivity contribution < 1.29 is 9.13 Å². The first-order valence-corrected chi connectivity index (χ1v) is 10.0. The summed E-state index contributed by atoms with van der Waals surface area (Å²) in [4.78, 5) is 17.6. The highest BCUT2D eigenvalue weighted by molar-refractivity contribution is 5.94. The maximum absolute atomic E-state index is 13.4. The van der Waals surface area contributed by atoms with Crippen molar-refractivity contribution in [1.29, 1.82) is 0 Å². The van der Waals surface area contributed by atoms with Crippen LogP contribution >= 0.6 is 0 Å². The van der Waals surface area contributed by atoms with Crippen molar-refractivity contribution in [2.75, 3.05) is 20.3 Å². The molecule has 0 fully saturated rings. The maximum atomic E-state index is 13.4. The largest absolute Gasteiger partial charge is 0.387 e. The quantitative estimate of drug-likeness (QED) is 0.359. The van der Waals surface area contributed by atoms with E-state index in [4.69, 9.17) is 15.5 Å². The van der Waals surface area contributed by atoms with Gasteiger partial charge in [-0.2, -0.15) is 10.1 Å². The summed E-state index contributed by atoms with van der Waals surface area (Å²) in [6.07, 6.45) is 5.51. The topological polar surface area (TPSA) is 104 Å². The monoisotopic (exact) mass is 421 g/mol. The predicted molar refractivity (Wildman–Crippen MR) is 118 cm³/mol. The van der Waals surface area contributed by atoms with E-state index in [9.17, 15) is 4.39 Å². The summed E-state index contributed by atoms with van der Waals surface area (Å²) in [5.74, 6) is 0.394. The molecule has 0 atom stereocenters. The van der Waals surface area contributed by atoms with Gasteiger partial charge >= 0.3 is 0 Å². The third-order valence-electron chi connectivity index (χ3n) is 5.05. The molecule has 2 heterocycles. The number of rotatable bonds is 7. The van der Waals surface area contributed by atoms with Crippen LogP contribution in [0.1, 0.15) is 17.7 Å². The molecule has 0 radical (unpaired) electrons. The lowest BCUT2D eigenvalue weighted by molar-refractivity contribution is 0.208. The van der Waals surface area contributed by atoms with Gasteiger partial charge in [-0.15, -0.1) is 0 Å². The van der Waals surface area contributed by atoms with Gasteiger partial charge in [0.25, 0.3) is 5.95 Å². The van der Waals surface area contributed by atoms with Crippen LogP contribution in [0.4, 0.5) is 10.3 Å². The van der Waals surface area contributed by atoms with Gasteiger partial charge in [0.15, 0.2) is 0 Å². The number of ether oxygens (including phenoxy) is 1. The minimum Gasteiger partial charge on any atom is -0.387 e. The maximum Gasteiger partial charge on any atom is 0.251 e. The number of nitrogens with zero attached hydrogens (tertiary/aromatic N) is 6. The molecule has 0 amide bonds. The fourth-order valence-electron chi connectivity index (χ4n) is 3.61. The second-order valence-corrected chi connectivity index (χ2v) is 7.23. The van der Waals surface area contributed by atoms with Gasteiger partial charge < -0.3 is 10.5 Å². The molecule has 2 aromatic heterocycles. The molecule has 1 aromatic carbocycles. The highest BCUT2D eigenvalue weighted by Crippen LogP contribution is 2.39. The Morgan fingerprint density at radius 1 is 1.29 bits per heavy atom. The van der Waals surface area contributed by atoms with E-state index in [1.165, 1.54) is 12.1 Å². The molecule has 4 rings (SSSR count). The molecule has 0 saturated heterocycles. The zero-order valence-corrected chi connectivity index (χ0v) is 17.5. The van der Waals surface area contributed by atoms with Crippen LogP contribution in [-0.2, 0) is 24.6 Å². The van der Waals surface area contributed by atoms with Crippen LogP contribution in [0.15, 0.2) is 40.4 Å². The molecule has 31 heavy (non-hydrogen) atoms. The first kappa shape index (κ1) is 20.8. The molecular formula is C22H24FN7O. The van der Waals surface area contributed by atoms with E-state index in [-0.39, 0.29) is 5.82 Å². The summed E-state index contributed by atoms with van der Waals surface area (Å²) < 4.78 is 20.2. The zero-order chi connectivity index (χ0) is 21.8. The van der Waals surface area contributed by atoms with Crippen LogP contribution < -0.4 is 5.73 Å². The summed E-state index contributed by atoms with van der Waals surface area (Å²) >= 11 is 0. The van der Waals surface area contributed by atoms with E-state index >= 15 is 0 Å². The summed E-state index contributed by atoms with van der Waals surface area (Å²) in [5.41, 5.74) is 11.5. The number of hydrogen-bond acceptors (Lipinski definition) is 6. The molecule has 9 heteroatoms. The van der Waals surface area contributed by atoms with Crippen molar-refractivity contribution in [2.45, 2.75) is 19.3 Å². The van der Waals surface area contributed by atoms with Crippen LogP contribution in [0, 0.1) is 5.82 Å². The molecule has 0 bridgehead atoms. The second kappa shape index (κ2) is 9.13. The number of aliphatic imine (C=N–C) groups is 2. The van der Waals surface area contributed by atoms with Gasteiger partial charge in [0.05, 0.1) is 30.2 Å². The number of amidine groups is 1. The molecule has 0 spiro atoms. The van der Waals surface area contributed by atoms with Crippen LogP contribution in [0.3, 0.4) is 0 Å². The smallest absolute Gasteiger partial charge is 0.251 e. The fraction of sp³-hybridized carbons (Fsp3) is 0.318. The number of benzene rings is 1. The van der Waals surface area contributed by atoms with Gasteiger partial charge in [-0.1, -0.05) is 0 Å². The van der Waals surface area contributed by atoms with Crippen LogP contribution in [0.2, 0.25) is 0 Å². The van der Waals surface area contributed by atoms with E-state index in [0.29, 0.717) is 31.4 Å². The number of aromatic nitrogens is 4. The number of methoxy groups -OCH3 is 1. The molecule has 8 nitrogen and oxygen atoms in total. The van der Waals surface area contributed by atoms with Gasteiger partial charge in [-0.25, -0.2) is 14.4 Å². The normalized spacial score (nSPS) is 13.5. The van der Waals surface area contributed by atoms with Crippen LogP contribution in [0.25, 0.3) is 22.5 Å². The number of nitrogens with two attached hydrogens (primary N) is 1. The van der Waals surface area contributed by atoms with E-state index in [1.807, 2.05) is 11.7 Å². The molecule has 2 N–H and O–H groups in total. The van der Waals surface area contributed by atoms with Crippen molar-refractivity contribution in [2.24, 2.45) is 22.8 Å². The van der Waals surface area contributed by atoms with E-state index in [2.05, 4.69) is 20.1 Å². The van der Waals surface area contributed by atoms with Gasteiger partial charge in [-0.05, 0) is 42.7 Å². The minimum absolute atomic E-state index is 0.277. The van der Waals surface area contributed by atoms with Crippen molar-refractivity contribution in [1.82, 2.24) is 19.7 Å². The Morgan fingerprint density at radius 3 is 2.87 bits per heavy atom. The Labute approximate surface area is 179 Å². The first-order valence-electron chi connectivity index (χ1n) is 10.0. The molecule has 0 aliphatic heterocycles. The van der Waals surface area contributed by atoms with Crippen molar-refractivity contribution >= 4 is 18.0 Å². The summed E-state index contributed by atoms with van der Waals surface area (Å²) in [7, 11) is 3.52. The summed E-state index contributed by atoms with van der Waals surface area (Å²) in [6.45, 7) is 1.14. The van der Waals surface area contributed by atoms with Gasteiger partial charge in [0.2, 0.25) is 0 Å². The molecule has 3 aromatic rings. The SMILES string of the molecule is COCCN=CCC(N)=Nc1ncc2c(n1)-c1c(nn(C)c1-c1ccc(F)cc1)CC2. The van der Waals surface area contributed by atoms with Crippen LogP contribution in [-0.4, -0.2) is 52.1 Å². The lowest BCUT2D eigenvalue weighted by atomic mass is 9.91. The first-order chi connectivity index (χ1) is 15.1. The average molecular weight is 421 g/mol. The average Bonchev–Trinajstić information content (AvgIpc) is 3.10. The van der Waals surface area contributed by atoms with E-state index in [1.54, 1.807) is 31.7 Å². The number of aryl methyl sites for hydroxylation is 3. The molecule has 0 saturated carbocycles. The molecule has 1 aliphatic rings. The summed E-state index contributed by atoms with van der Waals surface area (Å²) in [5, 5.41) is 4.68. The Balaban J connectivity index is 1.68. The Bertz CT molecular complexity index is 1140. The van der Waals surface area contributed by atoms with Crippen molar-refractivity contribution in [3.8, 4) is 22.5 Å². The third kappa shape index (κ3) is 4.51. The Morgan fingerprint density at radius 2 is 2.10 bits per heavy atom. The molecular weight excluding hydrogens is 397 g/mol. The number of fused-ring (bicyclic) bond motifs is 3. The molecule has 0 unspecified atom stereocenters. The lowest BCUT2D eigenvalue weighted by Crippen LogP contribution is -2.12. The minimum atomic E-state index is -0.277. The van der Waals surface area contributed by atoms with Crippen LogP contribution in [0.5, 0.6) is 0 Å². The molecule has 160 valence electrons. The fourth-order valence-corrected chi connectivity index (χ4v) is 3.61. The second-order valence-electron chi connectivity index (χ2n) is 7.23. The highest BCUT2D eigenvalue weighted by Gasteiger charge is 2.27. The number of hydrogen-bond donors (Lipinski definition) is 1. The van der Waals surface area contributed by atoms with E-state index < -0.39 is 0 Å². The van der Waals surface area contributed by atoms with Gasteiger partial charge in [0, 0.05) is 44.1 Å². The van der Waals surface area contributed by atoms with Gasteiger partial charge in [-0.3, -0.25) is 9.67 Å². The van der Waals surface area contributed by atoms with Gasteiger partial charge in [0.1, 0.15) is 11.7 Å². The van der Waals surface area contributed by atoms with Crippen molar-refractivity contribution in [3.63, 3.8) is 0 Å². The molecule has 1 aliphatic carbocycles. The zero-order valence-electron chi connectivity index (χ0n) is 17.5. The Hall–Kier alpha value is -3.46. The standard InChI is InChI=1S/C22H24FN7O/c1-30-21(14-3-6-16(23)7-4-14)19-17(29-30)8-5-15-13-26-22(28-20(15)19)27-18(24)9-10-25-11-12-31-2/h3-4,6-7,10,13H,5,8-9,11-12H2,1-2H3,(H2,24,26,27,28). The predicted octanol–water partition coefficient (Wildman–Crippen LogP) is 2.88. The Kier molecular flexibility index (Phi) is 6.13.